The minimum Gasteiger partial charge on any atom is -0.388 e. The van der Waals surface area contributed by atoms with Crippen LogP contribution in [0, 0.1) is 0 Å². The lowest BCUT2D eigenvalue weighted by molar-refractivity contribution is -0.137. The van der Waals surface area contributed by atoms with E-state index in [0.717, 1.165) is 25.1 Å². The zero-order valence-electron chi connectivity index (χ0n) is 8.95. The molecule has 0 aliphatic carbocycles. The summed E-state index contributed by atoms with van der Waals surface area (Å²) in [6.45, 7) is 3.12. The van der Waals surface area contributed by atoms with Crippen LogP contribution >= 0.6 is 11.8 Å². The fourth-order valence-electron chi connectivity index (χ4n) is 1.78. The molecule has 0 radical (unpaired) electrons. The summed E-state index contributed by atoms with van der Waals surface area (Å²) in [6.07, 6.45) is 4.31. The normalized spacial score (nSPS) is 27.8. The highest BCUT2D eigenvalue weighted by Crippen LogP contribution is 2.20. The molecule has 1 saturated heterocycles. The Morgan fingerprint density at radius 3 is 2.93 bits per heavy atom. The van der Waals surface area contributed by atoms with E-state index in [4.69, 9.17) is 0 Å². The van der Waals surface area contributed by atoms with E-state index in [2.05, 4.69) is 0 Å². The van der Waals surface area contributed by atoms with Crippen molar-refractivity contribution in [3.8, 4) is 0 Å². The smallest absolute Gasteiger partial charge is 0.223 e. The van der Waals surface area contributed by atoms with Gasteiger partial charge in [-0.3, -0.25) is 4.79 Å². The summed E-state index contributed by atoms with van der Waals surface area (Å²) in [5, 5.41) is 9.82. The van der Waals surface area contributed by atoms with Crippen molar-refractivity contribution in [3.05, 3.63) is 0 Å². The average Bonchev–Trinajstić information content (AvgIpc) is 2.12. The van der Waals surface area contributed by atoms with Gasteiger partial charge in [0.2, 0.25) is 5.91 Å². The predicted molar refractivity (Wildman–Crippen MR) is 59.4 cm³/mol. The van der Waals surface area contributed by atoms with E-state index in [1.807, 2.05) is 6.26 Å². The summed E-state index contributed by atoms with van der Waals surface area (Å²) in [6, 6.07) is 0. The fraction of sp³-hybridized carbons (Fsp3) is 0.900. The Morgan fingerprint density at radius 1 is 1.64 bits per heavy atom. The Bertz CT molecular complexity index is 206. The van der Waals surface area contributed by atoms with Crippen LogP contribution in [-0.2, 0) is 4.79 Å². The third kappa shape index (κ3) is 3.50. The number of β-amino-alcohol motifs (C(OH)–C–C–N with tert-alkyl or cyclic N) is 1. The Hall–Kier alpha value is -0.220. The van der Waals surface area contributed by atoms with E-state index in [9.17, 15) is 9.90 Å². The van der Waals surface area contributed by atoms with E-state index in [0.29, 0.717) is 13.0 Å². The van der Waals surface area contributed by atoms with Gasteiger partial charge in [-0.15, -0.1) is 0 Å². The van der Waals surface area contributed by atoms with Crippen LogP contribution in [0.3, 0.4) is 0 Å². The maximum absolute atomic E-state index is 11.6. The molecule has 0 aromatic heterocycles. The molecule has 1 unspecified atom stereocenters. The van der Waals surface area contributed by atoms with Crippen LogP contribution in [0.1, 0.15) is 26.2 Å². The van der Waals surface area contributed by atoms with Gasteiger partial charge in [-0.2, -0.15) is 11.8 Å². The Balaban J connectivity index is 2.40. The number of rotatable bonds is 3. The number of carbonyl (C=O) groups excluding carboxylic acids is 1. The van der Waals surface area contributed by atoms with Crippen LogP contribution in [0.5, 0.6) is 0 Å². The van der Waals surface area contributed by atoms with Gasteiger partial charge in [0.1, 0.15) is 0 Å². The largest absolute Gasteiger partial charge is 0.388 e. The lowest BCUT2D eigenvalue weighted by Crippen LogP contribution is -2.48. The Morgan fingerprint density at radius 2 is 2.36 bits per heavy atom. The van der Waals surface area contributed by atoms with Crippen molar-refractivity contribution in [3.63, 3.8) is 0 Å². The molecule has 1 heterocycles. The molecule has 0 bridgehead atoms. The van der Waals surface area contributed by atoms with Crippen molar-refractivity contribution >= 4 is 17.7 Å². The Kier molecular flexibility index (Phi) is 4.26. The van der Waals surface area contributed by atoms with E-state index in [-0.39, 0.29) is 5.91 Å². The SMILES string of the molecule is CSCCC(=O)N1CCCC(C)(O)C1. The van der Waals surface area contributed by atoms with Gasteiger partial charge in [-0.25, -0.2) is 0 Å². The fourth-order valence-corrected chi connectivity index (χ4v) is 2.16. The first-order chi connectivity index (χ1) is 6.55. The maximum Gasteiger partial charge on any atom is 0.223 e. The van der Waals surface area contributed by atoms with Gasteiger partial charge in [0, 0.05) is 25.3 Å². The van der Waals surface area contributed by atoms with Crippen molar-refractivity contribution < 1.29 is 9.90 Å². The molecule has 82 valence electrons. The topological polar surface area (TPSA) is 40.5 Å². The van der Waals surface area contributed by atoms with Crippen LogP contribution in [0.2, 0.25) is 0 Å². The number of amides is 1. The number of piperidine rings is 1. The van der Waals surface area contributed by atoms with Gasteiger partial charge in [0.05, 0.1) is 5.60 Å². The predicted octanol–water partition coefficient (Wildman–Crippen LogP) is 1.11. The Labute approximate surface area is 89.9 Å². The number of thioether (sulfide) groups is 1. The highest BCUT2D eigenvalue weighted by molar-refractivity contribution is 7.98. The molecule has 0 aromatic carbocycles. The minimum absolute atomic E-state index is 0.180. The summed E-state index contributed by atoms with van der Waals surface area (Å²) < 4.78 is 0. The molecule has 1 rings (SSSR count). The molecule has 14 heavy (non-hydrogen) atoms. The molecule has 1 atom stereocenters. The number of aliphatic hydroxyl groups is 1. The molecule has 1 aliphatic heterocycles. The zero-order chi connectivity index (χ0) is 10.6. The molecule has 1 N–H and O–H groups in total. The summed E-state index contributed by atoms with van der Waals surface area (Å²) in [7, 11) is 0. The third-order valence-corrected chi connectivity index (χ3v) is 3.16. The first kappa shape index (κ1) is 11.9. The van der Waals surface area contributed by atoms with Crippen molar-refractivity contribution in [2.24, 2.45) is 0 Å². The molecule has 3 nitrogen and oxygen atoms in total. The molecular weight excluding hydrogens is 198 g/mol. The summed E-state index contributed by atoms with van der Waals surface area (Å²) in [4.78, 5) is 13.4. The molecule has 1 aliphatic rings. The second-order valence-electron chi connectivity index (χ2n) is 4.16. The van der Waals surface area contributed by atoms with Crippen LogP contribution < -0.4 is 0 Å². The zero-order valence-corrected chi connectivity index (χ0v) is 9.77. The third-order valence-electron chi connectivity index (χ3n) is 2.55. The minimum atomic E-state index is -0.673. The van der Waals surface area contributed by atoms with E-state index < -0.39 is 5.60 Å². The maximum atomic E-state index is 11.6. The van der Waals surface area contributed by atoms with Gasteiger partial charge in [-0.1, -0.05) is 0 Å². The van der Waals surface area contributed by atoms with Crippen LogP contribution in [0.25, 0.3) is 0 Å². The van der Waals surface area contributed by atoms with E-state index in [1.54, 1.807) is 23.6 Å². The van der Waals surface area contributed by atoms with Gasteiger partial charge < -0.3 is 10.0 Å². The summed E-state index contributed by atoms with van der Waals surface area (Å²) in [5.41, 5.74) is -0.673. The molecule has 0 aromatic rings. The lowest BCUT2D eigenvalue weighted by Gasteiger charge is -2.36. The van der Waals surface area contributed by atoms with Crippen molar-refractivity contribution in [1.82, 2.24) is 4.90 Å². The quantitative estimate of drug-likeness (QED) is 0.770. The molecule has 0 saturated carbocycles. The molecule has 0 spiro atoms. The number of hydrogen-bond acceptors (Lipinski definition) is 3. The standard InChI is InChI=1S/C10H19NO2S/c1-10(13)5-3-6-11(8-10)9(12)4-7-14-2/h13H,3-8H2,1-2H3. The first-order valence-corrected chi connectivity index (χ1v) is 6.44. The molecule has 1 fully saturated rings. The van der Waals surface area contributed by atoms with E-state index >= 15 is 0 Å². The number of hydrogen-bond donors (Lipinski definition) is 1. The van der Waals surface area contributed by atoms with E-state index in [1.165, 1.54) is 0 Å². The van der Waals surface area contributed by atoms with Crippen molar-refractivity contribution in [1.29, 1.82) is 0 Å². The molecule has 1 amide bonds. The summed E-state index contributed by atoms with van der Waals surface area (Å²) in [5.74, 6) is 1.05. The van der Waals surface area contributed by atoms with Crippen molar-refractivity contribution in [2.75, 3.05) is 25.1 Å². The van der Waals surface area contributed by atoms with Crippen molar-refractivity contribution in [2.45, 2.75) is 31.8 Å². The lowest BCUT2D eigenvalue weighted by atomic mass is 9.95. The average molecular weight is 217 g/mol. The van der Waals surface area contributed by atoms with Crippen LogP contribution in [0.15, 0.2) is 0 Å². The van der Waals surface area contributed by atoms with Crippen LogP contribution in [-0.4, -0.2) is 46.6 Å². The summed E-state index contributed by atoms with van der Waals surface area (Å²) >= 11 is 1.68. The molecule has 4 heteroatoms. The van der Waals surface area contributed by atoms with Crippen LogP contribution in [0.4, 0.5) is 0 Å². The number of carbonyl (C=O) groups is 1. The number of nitrogens with zero attached hydrogens (tertiary/aromatic N) is 1. The van der Waals surface area contributed by atoms with Gasteiger partial charge in [-0.05, 0) is 26.0 Å². The van der Waals surface area contributed by atoms with Gasteiger partial charge >= 0.3 is 0 Å². The van der Waals surface area contributed by atoms with Gasteiger partial charge in [0.15, 0.2) is 0 Å². The highest BCUT2D eigenvalue weighted by Gasteiger charge is 2.30. The molecular formula is C10H19NO2S. The van der Waals surface area contributed by atoms with Gasteiger partial charge in [0.25, 0.3) is 0 Å². The monoisotopic (exact) mass is 217 g/mol. The highest BCUT2D eigenvalue weighted by atomic mass is 32.2. The number of likely N-dealkylation sites (tertiary alicyclic amines) is 1. The first-order valence-electron chi connectivity index (χ1n) is 5.04. The second-order valence-corrected chi connectivity index (χ2v) is 5.14. The second kappa shape index (κ2) is 5.03.